The molecule has 0 aliphatic rings. The van der Waals surface area contributed by atoms with Crippen molar-refractivity contribution in [2.24, 2.45) is 0 Å². The van der Waals surface area contributed by atoms with E-state index in [1.807, 2.05) is 18.2 Å². The molecule has 0 saturated heterocycles. The fraction of sp³-hybridized carbons (Fsp3) is 0.500. The molecule has 3 atom stereocenters. The minimum Gasteiger partial charge on any atom is -0.465 e. The standard InChI is InChI=1S/C12H18O4/c1-9(13)8-12(15-10(2)14)16-11-6-4-3-5-7-11/h3-7,9-10,12-14H,8H2,1-2H3. The summed E-state index contributed by atoms with van der Waals surface area (Å²) in [7, 11) is 0. The highest BCUT2D eigenvalue weighted by Crippen LogP contribution is 2.15. The van der Waals surface area contributed by atoms with Crippen LogP contribution in [0.25, 0.3) is 0 Å². The largest absolute Gasteiger partial charge is 0.465 e. The summed E-state index contributed by atoms with van der Waals surface area (Å²) in [6.45, 7) is 3.15. The van der Waals surface area contributed by atoms with Crippen molar-refractivity contribution in [3.63, 3.8) is 0 Å². The number of para-hydroxylation sites is 1. The van der Waals surface area contributed by atoms with Crippen LogP contribution in [0, 0.1) is 0 Å². The van der Waals surface area contributed by atoms with Crippen molar-refractivity contribution in [1.29, 1.82) is 0 Å². The van der Waals surface area contributed by atoms with E-state index in [1.165, 1.54) is 6.92 Å². The summed E-state index contributed by atoms with van der Waals surface area (Å²) in [5, 5.41) is 18.4. The summed E-state index contributed by atoms with van der Waals surface area (Å²) in [6.07, 6.45) is -1.82. The van der Waals surface area contributed by atoms with Crippen molar-refractivity contribution in [1.82, 2.24) is 0 Å². The van der Waals surface area contributed by atoms with Crippen LogP contribution >= 0.6 is 0 Å². The Labute approximate surface area is 95.4 Å². The Morgan fingerprint density at radius 1 is 1.12 bits per heavy atom. The lowest BCUT2D eigenvalue weighted by Crippen LogP contribution is -2.28. The quantitative estimate of drug-likeness (QED) is 0.722. The fourth-order valence-electron chi connectivity index (χ4n) is 1.28. The Hall–Kier alpha value is -1.10. The number of rotatable bonds is 6. The van der Waals surface area contributed by atoms with Crippen LogP contribution in [0.4, 0.5) is 0 Å². The SMILES string of the molecule is CC(O)CC(Oc1ccccc1)OC(C)O. The maximum absolute atomic E-state index is 9.27. The van der Waals surface area contributed by atoms with Gasteiger partial charge in [-0.3, -0.25) is 0 Å². The van der Waals surface area contributed by atoms with Crippen LogP contribution in [0.1, 0.15) is 20.3 Å². The molecule has 0 radical (unpaired) electrons. The van der Waals surface area contributed by atoms with E-state index in [1.54, 1.807) is 19.1 Å². The highest BCUT2D eigenvalue weighted by atomic mass is 16.7. The van der Waals surface area contributed by atoms with Gasteiger partial charge in [-0.05, 0) is 26.0 Å². The van der Waals surface area contributed by atoms with Gasteiger partial charge < -0.3 is 19.7 Å². The van der Waals surface area contributed by atoms with Crippen molar-refractivity contribution >= 4 is 0 Å². The van der Waals surface area contributed by atoms with Gasteiger partial charge in [0, 0.05) is 6.42 Å². The van der Waals surface area contributed by atoms with E-state index in [4.69, 9.17) is 14.6 Å². The molecule has 90 valence electrons. The molecule has 0 amide bonds. The molecule has 1 aromatic carbocycles. The molecule has 16 heavy (non-hydrogen) atoms. The number of aliphatic hydroxyl groups excluding tert-OH is 2. The van der Waals surface area contributed by atoms with Crippen LogP contribution in [0.15, 0.2) is 30.3 Å². The number of hydrogen-bond donors (Lipinski definition) is 2. The summed E-state index contributed by atoms with van der Waals surface area (Å²) < 4.78 is 10.6. The van der Waals surface area contributed by atoms with E-state index < -0.39 is 18.7 Å². The maximum Gasteiger partial charge on any atom is 0.204 e. The first-order chi connectivity index (χ1) is 7.58. The smallest absolute Gasteiger partial charge is 0.204 e. The molecular formula is C12H18O4. The maximum atomic E-state index is 9.27. The second kappa shape index (κ2) is 6.48. The summed E-state index contributed by atoms with van der Waals surface area (Å²) in [5.41, 5.74) is 0. The molecule has 2 N–H and O–H groups in total. The van der Waals surface area contributed by atoms with Crippen LogP contribution in [0.3, 0.4) is 0 Å². The van der Waals surface area contributed by atoms with E-state index in [9.17, 15) is 5.11 Å². The number of ether oxygens (including phenoxy) is 2. The summed E-state index contributed by atoms with van der Waals surface area (Å²) in [5.74, 6) is 0.647. The van der Waals surface area contributed by atoms with E-state index >= 15 is 0 Å². The Morgan fingerprint density at radius 3 is 2.25 bits per heavy atom. The molecule has 0 aromatic heterocycles. The predicted octanol–water partition coefficient (Wildman–Crippen LogP) is 1.52. The minimum absolute atomic E-state index is 0.305. The molecule has 0 heterocycles. The molecule has 3 unspecified atom stereocenters. The van der Waals surface area contributed by atoms with E-state index in [-0.39, 0.29) is 0 Å². The highest BCUT2D eigenvalue weighted by Gasteiger charge is 2.16. The zero-order valence-electron chi connectivity index (χ0n) is 9.54. The molecule has 4 nitrogen and oxygen atoms in total. The Kier molecular flexibility index (Phi) is 5.25. The fourth-order valence-corrected chi connectivity index (χ4v) is 1.28. The average Bonchev–Trinajstić information content (AvgIpc) is 2.16. The Morgan fingerprint density at radius 2 is 1.75 bits per heavy atom. The second-order valence-corrected chi connectivity index (χ2v) is 3.68. The number of aliphatic hydroxyl groups is 2. The average molecular weight is 226 g/mol. The lowest BCUT2D eigenvalue weighted by molar-refractivity contribution is -0.196. The second-order valence-electron chi connectivity index (χ2n) is 3.68. The normalized spacial score (nSPS) is 16.5. The molecule has 1 rings (SSSR count). The lowest BCUT2D eigenvalue weighted by atomic mass is 10.3. The summed E-state index contributed by atoms with van der Waals surface area (Å²) >= 11 is 0. The minimum atomic E-state index is -0.924. The third-order valence-corrected chi connectivity index (χ3v) is 1.89. The van der Waals surface area contributed by atoms with Gasteiger partial charge in [-0.25, -0.2) is 0 Å². The van der Waals surface area contributed by atoms with Crippen LogP contribution in [0.2, 0.25) is 0 Å². The first-order valence-electron chi connectivity index (χ1n) is 5.31. The van der Waals surface area contributed by atoms with Gasteiger partial charge in [-0.1, -0.05) is 18.2 Å². The van der Waals surface area contributed by atoms with Gasteiger partial charge in [0.2, 0.25) is 6.29 Å². The first-order valence-corrected chi connectivity index (χ1v) is 5.31. The molecule has 1 aromatic rings. The number of benzene rings is 1. The van der Waals surface area contributed by atoms with Crippen LogP contribution in [-0.4, -0.2) is 28.9 Å². The lowest BCUT2D eigenvalue weighted by Gasteiger charge is -2.22. The monoisotopic (exact) mass is 226 g/mol. The van der Waals surface area contributed by atoms with Gasteiger partial charge in [-0.15, -0.1) is 0 Å². The first kappa shape index (κ1) is 13.0. The topological polar surface area (TPSA) is 58.9 Å². The molecule has 0 aliphatic carbocycles. The van der Waals surface area contributed by atoms with Crippen LogP contribution < -0.4 is 4.74 Å². The summed E-state index contributed by atoms with van der Waals surface area (Å²) in [4.78, 5) is 0. The van der Waals surface area contributed by atoms with Crippen molar-refractivity contribution in [3.8, 4) is 5.75 Å². The Bertz CT molecular complexity index is 274. The van der Waals surface area contributed by atoms with Gasteiger partial charge in [0.25, 0.3) is 0 Å². The molecule has 4 heteroatoms. The van der Waals surface area contributed by atoms with Crippen molar-refractivity contribution in [3.05, 3.63) is 30.3 Å². The third kappa shape index (κ3) is 5.11. The van der Waals surface area contributed by atoms with Crippen molar-refractivity contribution in [2.75, 3.05) is 0 Å². The molecule has 0 saturated carbocycles. The van der Waals surface area contributed by atoms with Gasteiger partial charge in [-0.2, -0.15) is 0 Å². The van der Waals surface area contributed by atoms with Crippen LogP contribution in [-0.2, 0) is 4.74 Å². The van der Waals surface area contributed by atoms with E-state index in [2.05, 4.69) is 0 Å². The van der Waals surface area contributed by atoms with E-state index in [0.717, 1.165) is 0 Å². The van der Waals surface area contributed by atoms with Gasteiger partial charge in [0.1, 0.15) is 5.75 Å². The highest BCUT2D eigenvalue weighted by molar-refractivity contribution is 5.21. The Balaban J connectivity index is 2.56. The van der Waals surface area contributed by atoms with E-state index in [0.29, 0.717) is 12.2 Å². The van der Waals surface area contributed by atoms with Gasteiger partial charge in [0.15, 0.2) is 6.29 Å². The molecule has 0 spiro atoms. The van der Waals surface area contributed by atoms with Gasteiger partial charge >= 0.3 is 0 Å². The molecule has 0 fully saturated rings. The number of hydrogen-bond acceptors (Lipinski definition) is 4. The van der Waals surface area contributed by atoms with Gasteiger partial charge in [0.05, 0.1) is 6.10 Å². The van der Waals surface area contributed by atoms with Crippen molar-refractivity contribution < 1.29 is 19.7 Å². The zero-order valence-corrected chi connectivity index (χ0v) is 9.54. The zero-order chi connectivity index (χ0) is 12.0. The molecular weight excluding hydrogens is 208 g/mol. The summed E-state index contributed by atoms with van der Waals surface area (Å²) in [6, 6.07) is 9.15. The molecule has 0 aliphatic heterocycles. The predicted molar refractivity (Wildman–Crippen MR) is 59.9 cm³/mol. The molecule has 0 bridgehead atoms. The van der Waals surface area contributed by atoms with Crippen molar-refractivity contribution in [2.45, 2.75) is 39.0 Å². The third-order valence-electron chi connectivity index (χ3n) is 1.89. The van der Waals surface area contributed by atoms with Crippen LogP contribution in [0.5, 0.6) is 5.75 Å².